The fourth-order valence-electron chi connectivity index (χ4n) is 2.15. The Hall–Kier alpha value is -1.14. The van der Waals surface area contributed by atoms with Crippen molar-refractivity contribution in [3.05, 3.63) is 5.28 Å². The zero-order valence-electron chi connectivity index (χ0n) is 11.0. The first-order valence-electron chi connectivity index (χ1n) is 6.65. The number of halogens is 1. The summed E-state index contributed by atoms with van der Waals surface area (Å²) in [5, 5.41) is 12.9. The van der Waals surface area contributed by atoms with Gasteiger partial charge in [0.2, 0.25) is 11.2 Å². The van der Waals surface area contributed by atoms with E-state index < -0.39 is 0 Å². The lowest BCUT2D eigenvalue weighted by atomic mass is 10.1. The molecule has 1 heterocycles. The van der Waals surface area contributed by atoms with E-state index in [-0.39, 0.29) is 23.3 Å². The summed E-state index contributed by atoms with van der Waals surface area (Å²) < 4.78 is 5.33. The molecule has 1 saturated carbocycles. The van der Waals surface area contributed by atoms with Gasteiger partial charge in [-0.1, -0.05) is 13.3 Å². The first-order valence-corrected chi connectivity index (χ1v) is 7.03. The standard InChI is InChI=1S/C12H19ClN4O2/c1-2-6-19-12-16-10(13)15-11(17-12)14-7-8-4-3-5-9(8)18/h8-9,18H,2-7H2,1H3,(H,14,15,16,17). The highest BCUT2D eigenvalue weighted by Crippen LogP contribution is 2.25. The molecular formula is C12H19ClN4O2. The Bertz CT molecular complexity index is 419. The SMILES string of the molecule is CCCOc1nc(Cl)nc(NCC2CCCC2O)n1. The summed E-state index contributed by atoms with van der Waals surface area (Å²) in [5.41, 5.74) is 0. The van der Waals surface area contributed by atoms with Crippen molar-refractivity contribution in [2.45, 2.75) is 38.7 Å². The van der Waals surface area contributed by atoms with E-state index in [4.69, 9.17) is 16.3 Å². The lowest BCUT2D eigenvalue weighted by molar-refractivity contribution is 0.138. The molecule has 0 spiro atoms. The maximum Gasteiger partial charge on any atom is 0.322 e. The van der Waals surface area contributed by atoms with Crippen molar-refractivity contribution in [1.29, 1.82) is 0 Å². The minimum Gasteiger partial charge on any atom is -0.463 e. The summed E-state index contributed by atoms with van der Waals surface area (Å²) in [5.74, 6) is 0.640. The van der Waals surface area contributed by atoms with E-state index in [1.54, 1.807) is 0 Å². The van der Waals surface area contributed by atoms with Crippen molar-refractivity contribution in [2.24, 2.45) is 5.92 Å². The quantitative estimate of drug-likeness (QED) is 0.831. The largest absolute Gasteiger partial charge is 0.463 e. The van der Waals surface area contributed by atoms with E-state index in [0.717, 1.165) is 25.7 Å². The monoisotopic (exact) mass is 286 g/mol. The molecule has 1 aliphatic rings. The van der Waals surface area contributed by atoms with Crippen LogP contribution >= 0.6 is 11.6 Å². The second kappa shape index (κ2) is 6.86. The summed E-state index contributed by atoms with van der Waals surface area (Å²) in [6.45, 7) is 3.18. The molecule has 1 aliphatic carbocycles. The summed E-state index contributed by atoms with van der Waals surface area (Å²) in [7, 11) is 0. The third-order valence-corrected chi connectivity index (χ3v) is 3.33. The number of hydrogen-bond donors (Lipinski definition) is 2. The number of rotatable bonds is 6. The summed E-state index contributed by atoms with van der Waals surface area (Å²) in [6.07, 6.45) is 3.60. The van der Waals surface area contributed by atoms with Gasteiger partial charge >= 0.3 is 6.01 Å². The average Bonchev–Trinajstić information content (AvgIpc) is 2.79. The van der Waals surface area contributed by atoms with Crippen LogP contribution in [0.25, 0.3) is 0 Å². The van der Waals surface area contributed by atoms with Gasteiger partial charge in [0.1, 0.15) is 0 Å². The van der Waals surface area contributed by atoms with Crippen molar-refractivity contribution in [3.63, 3.8) is 0 Å². The van der Waals surface area contributed by atoms with Gasteiger partial charge in [0.25, 0.3) is 0 Å². The Labute approximate surface area is 117 Å². The average molecular weight is 287 g/mol. The van der Waals surface area contributed by atoms with Gasteiger partial charge < -0.3 is 15.2 Å². The molecule has 2 unspecified atom stereocenters. The minimum absolute atomic E-state index is 0.107. The minimum atomic E-state index is -0.236. The van der Waals surface area contributed by atoms with Gasteiger partial charge in [-0.05, 0) is 30.9 Å². The zero-order chi connectivity index (χ0) is 13.7. The smallest absolute Gasteiger partial charge is 0.322 e. The van der Waals surface area contributed by atoms with E-state index in [9.17, 15) is 5.11 Å². The van der Waals surface area contributed by atoms with Crippen LogP contribution in [0, 0.1) is 5.92 Å². The van der Waals surface area contributed by atoms with E-state index in [0.29, 0.717) is 19.1 Å². The van der Waals surface area contributed by atoms with Crippen LogP contribution < -0.4 is 10.1 Å². The summed E-state index contributed by atoms with van der Waals surface area (Å²) >= 11 is 5.82. The first kappa shape index (κ1) is 14.3. The maximum atomic E-state index is 9.75. The van der Waals surface area contributed by atoms with Crippen molar-refractivity contribution >= 4 is 17.5 Å². The molecule has 2 rings (SSSR count). The molecule has 6 nitrogen and oxygen atoms in total. The number of hydrogen-bond acceptors (Lipinski definition) is 6. The maximum absolute atomic E-state index is 9.75. The lowest BCUT2D eigenvalue weighted by Gasteiger charge is -2.15. The molecular weight excluding hydrogens is 268 g/mol. The Balaban J connectivity index is 1.93. The summed E-state index contributed by atoms with van der Waals surface area (Å²) in [4.78, 5) is 12.0. The number of nitrogens with one attached hydrogen (secondary N) is 1. The van der Waals surface area contributed by atoms with Crippen LogP contribution in [0.1, 0.15) is 32.6 Å². The molecule has 0 aliphatic heterocycles. The van der Waals surface area contributed by atoms with Gasteiger partial charge in [-0.2, -0.15) is 15.0 Å². The van der Waals surface area contributed by atoms with E-state index in [2.05, 4.69) is 20.3 Å². The Morgan fingerprint density at radius 2 is 2.21 bits per heavy atom. The highest BCUT2D eigenvalue weighted by molar-refractivity contribution is 6.28. The molecule has 0 radical (unpaired) electrons. The molecule has 0 bridgehead atoms. The lowest BCUT2D eigenvalue weighted by Crippen LogP contribution is -2.22. The summed E-state index contributed by atoms with van der Waals surface area (Å²) in [6, 6.07) is 0.233. The molecule has 0 aromatic carbocycles. The second-order valence-electron chi connectivity index (χ2n) is 4.70. The van der Waals surface area contributed by atoms with Crippen LogP contribution in [0.3, 0.4) is 0 Å². The van der Waals surface area contributed by atoms with Crippen molar-refractivity contribution in [1.82, 2.24) is 15.0 Å². The van der Waals surface area contributed by atoms with Crippen LogP contribution in [-0.2, 0) is 0 Å². The van der Waals surface area contributed by atoms with Gasteiger partial charge in [-0.15, -0.1) is 0 Å². The van der Waals surface area contributed by atoms with Crippen LogP contribution in [0.5, 0.6) is 6.01 Å². The van der Waals surface area contributed by atoms with Gasteiger partial charge in [-0.25, -0.2) is 0 Å². The topological polar surface area (TPSA) is 80.2 Å². The number of aliphatic hydroxyl groups is 1. The molecule has 2 atom stereocenters. The van der Waals surface area contributed by atoms with Crippen molar-refractivity contribution in [3.8, 4) is 6.01 Å². The van der Waals surface area contributed by atoms with E-state index in [1.165, 1.54) is 0 Å². The molecule has 0 amide bonds. The second-order valence-corrected chi connectivity index (χ2v) is 5.04. The van der Waals surface area contributed by atoms with Crippen LogP contribution in [-0.4, -0.2) is 39.3 Å². The van der Waals surface area contributed by atoms with Crippen molar-refractivity contribution in [2.75, 3.05) is 18.5 Å². The third-order valence-electron chi connectivity index (χ3n) is 3.16. The number of anilines is 1. The van der Waals surface area contributed by atoms with Gasteiger partial charge in [0.05, 0.1) is 12.7 Å². The fraction of sp³-hybridized carbons (Fsp3) is 0.750. The Kier molecular flexibility index (Phi) is 5.15. The molecule has 1 fully saturated rings. The zero-order valence-corrected chi connectivity index (χ0v) is 11.7. The van der Waals surface area contributed by atoms with Crippen LogP contribution in [0.4, 0.5) is 5.95 Å². The van der Waals surface area contributed by atoms with Crippen molar-refractivity contribution < 1.29 is 9.84 Å². The highest BCUT2D eigenvalue weighted by atomic mass is 35.5. The molecule has 106 valence electrons. The van der Waals surface area contributed by atoms with E-state index >= 15 is 0 Å². The van der Waals surface area contributed by atoms with Crippen LogP contribution in [0.15, 0.2) is 0 Å². The Morgan fingerprint density at radius 1 is 1.37 bits per heavy atom. The predicted molar refractivity (Wildman–Crippen MR) is 72.5 cm³/mol. The number of ether oxygens (including phenoxy) is 1. The number of aliphatic hydroxyl groups excluding tert-OH is 1. The molecule has 1 aromatic rings. The first-order chi connectivity index (χ1) is 9.19. The van der Waals surface area contributed by atoms with E-state index in [1.807, 2.05) is 6.92 Å². The van der Waals surface area contributed by atoms with Gasteiger partial charge in [-0.3, -0.25) is 0 Å². The number of nitrogens with zero attached hydrogens (tertiary/aromatic N) is 3. The molecule has 7 heteroatoms. The van der Waals surface area contributed by atoms with Gasteiger partial charge in [0, 0.05) is 12.5 Å². The predicted octanol–water partition coefficient (Wildman–Crippen LogP) is 1.89. The molecule has 19 heavy (non-hydrogen) atoms. The highest BCUT2D eigenvalue weighted by Gasteiger charge is 2.25. The molecule has 0 saturated heterocycles. The number of aromatic nitrogens is 3. The molecule has 1 aromatic heterocycles. The molecule has 2 N–H and O–H groups in total. The third kappa shape index (κ3) is 4.18. The fourth-order valence-corrected chi connectivity index (χ4v) is 2.30. The van der Waals surface area contributed by atoms with Crippen LogP contribution in [0.2, 0.25) is 5.28 Å². The normalized spacial score (nSPS) is 22.5. The van der Waals surface area contributed by atoms with Gasteiger partial charge in [0.15, 0.2) is 0 Å². The Morgan fingerprint density at radius 3 is 2.89 bits per heavy atom.